The molecule has 0 spiro atoms. The van der Waals surface area contributed by atoms with Crippen LogP contribution in [0, 0.1) is 0 Å². The molecule has 1 unspecified atom stereocenters. The number of thioether (sulfide) groups is 1. The van der Waals surface area contributed by atoms with Crippen LogP contribution in [0.3, 0.4) is 0 Å². The first kappa shape index (κ1) is 12.6. The molecule has 88 valence electrons. The van der Waals surface area contributed by atoms with Crippen LogP contribution in [0.4, 0.5) is 0 Å². The van der Waals surface area contributed by atoms with E-state index in [-0.39, 0.29) is 0 Å². The molecule has 0 saturated heterocycles. The number of hydrogen-bond donors (Lipinski definition) is 1. The summed E-state index contributed by atoms with van der Waals surface area (Å²) in [6.07, 6.45) is 2.93. The van der Waals surface area contributed by atoms with Crippen molar-refractivity contribution in [1.29, 1.82) is 0 Å². The van der Waals surface area contributed by atoms with E-state index in [1.807, 2.05) is 36.4 Å². The maximum absolute atomic E-state index is 9.97. The third-order valence-electron chi connectivity index (χ3n) is 2.29. The van der Waals surface area contributed by atoms with Crippen molar-refractivity contribution >= 4 is 27.7 Å². The normalized spacial score (nSPS) is 12.4. The van der Waals surface area contributed by atoms with Gasteiger partial charge < -0.3 is 5.11 Å². The first-order valence-electron chi connectivity index (χ1n) is 5.22. The van der Waals surface area contributed by atoms with E-state index in [2.05, 4.69) is 20.9 Å². The second kappa shape index (κ2) is 6.19. The molecule has 1 atom stereocenters. The highest BCUT2D eigenvalue weighted by atomic mass is 79.9. The molecule has 0 aliphatic heterocycles. The van der Waals surface area contributed by atoms with Gasteiger partial charge in [0.15, 0.2) is 0 Å². The van der Waals surface area contributed by atoms with E-state index in [0.717, 1.165) is 14.9 Å². The summed E-state index contributed by atoms with van der Waals surface area (Å²) in [5.74, 6) is 0.632. The minimum atomic E-state index is -0.475. The monoisotopic (exact) mass is 309 g/mol. The minimum absolute atomic E-state index is 0.475. The molecule has 1 N–H and O–H groups in total. The molecule has 0 bridgehead atoms. The van der Waals surface area contributed by atoms with Gasteiger partial charge in [-0.25, -0.2) is 0 Å². The fraction of sp³-hybridized carbons (Fsp3) is 0.154. The number of aliphatic hydroxyl groups excluding tert-OH is 1. The molecule has 0 aliphatic rings. The van der Waals surface area contributed by atoms with Crippen molar-refractivity contribution in [2.24, 2.45) is 0 Å². The molecule has 0 amide bonds. The number of nitrogens with zero attached hydrogens (tertiary/aromatic N) is 1. The van der Waals surface area contributed by atoms with E-state index < -0.39 is 6.10 Å². The average molecular weight is 310 g/mol. The van der Waals surface area contributed by atoms with Gasteiger partial charge in [-0.15, -0.1) is 11.8 Å². The lowest BCUT2D eigenvalue weighted by atomic mass is 10.2. The van der Waals surface area contributed by atoms with E-state index in [1.54, 1.807) is 24.2 Å². The molecule has 1 aromatic heterocycles. The highest BCUT2D eigenvalue weighted by Crippen LogP contribution is 2.25. The van der Waals surface area contributed by atoms with Crippen molar-refractivity contribution in [2.45, 2.75) is 11.0 Å². The summed E-state index contributed by atoms with van der Waals surface area (Å²) in [6.45, 7) is 0. The van der Waals surface area contributed by atoms with Crippen LogP contribution in [0.1, 0.15) is 11.7 Å². The molecule has 4 heteroatoms. The van der Waals surface area contributed by atoms with Crippen LogP contribution in [-0.4, -0.2) is 15.8 Å². The fourth-order valence-electron chi connectivity index (χ4n) is 1.38. The lowest BCUT2D eigenvalue weighted by Crippen LogP contribution is -2.00. The zero-order valence-corrected chi connectivity index (χ0v) is 11.5. The van der Waals surface area contributed by atoms with Crippen LogP contribution in [-0.2, 0) is 0 Å². The molecule has 0 fully saturated rings. The van der Waals surface area contributed by atoms with Gasteiger partial charge in [-0.2, -0.15) is 0 Å². The fourth-order valence-corrected chi connectivity index (χ4v) is 2.51. The van der Waals surface area contributed by atoms with Gasteiger partial charge in [0, 0.05) is 27.5 Å². The first-order valence-corrected chi connectivity index (χ1v) is 7.00. The van der Waals surface area contributed by atoms with E-state index >= 15 is 0 Å². The SMILES string of the molecule is OC(CSc1ccc(Br)cc1)c1cccnc1. The number of pyridine rings is 1. The second-order valence-corrected chi connectivity index (χ2v) is 5.58. The van der Waals surface area contributed by atoms with Crippen molar-refractivity contribution in [1.82, 2.24) is 4.98 Å². The molecule has 0 saturated carbocycles. The quantitative estimate of drug-likeness (QED) is 0.875. The van der Waals surface area contributed by atoms with Gasteiger partial charge >= 0.3 is 0 Å². The van der Waals surface area contributed by atoms with Gasteiger partial charge in [0.1, 0.15) is 0 Å². The Morgan fingerprint density at radius 1 is 1.24 bits per heavy atom. The summed E-state index contributed by atoms with van der Waals surface area (Å²) >= 11 is 5.03. The number of aromatic nitrogens is 1. The van der Waals surface area contributed by atoms with Crippen LogP contribution < -0.4 is 0 Å². The number of aliphatic hydroxyl groups is 1. The largest absolute Gasteiger partial charge is 0.387 e. The summed E-state index contributed by atoms with van der Waals surface area (Å²) < 4.78 is 1.06. The molecule has 17 heavy (non-hydrogen) atoms. The smallest absolute Gasteiger partial charge is 0.0898 e. The van der Waals surface area contributed by atoms with E-state index in [0.29, 0.717) is 5.75 Å². The molecule has 2 nitrogen and oxygen atoms in total. The van der Waals surface area contributed by atoms with Gasteiger partial charge in [-0.05, 0) is 35.9 Å². The number of halogens is 1. The topological polar surface area (TPSA) is 33.1 Å². The highest BCUT2D eigenvalue weighted by molar-refractivity contribution is 9.10. The van der Waals surface area contributed by atoms with Crippen LogP contribution >= 0.6 is 27.7 Å². The predicted octanol–water partition coefficient (Wildman–Crippen LogP) is 3.67. The van der Waals surface area contributed by atoms with Gasteiger partial charge in [0.2, 0.25) is 0 Å². The van der Waals surface area contributed by atoms with E-state index in [1.165, 1.54) is 0 Å². The number of hydrogen-bond acceptors (Lipinski definition) is 3. The highest BCUT2D eigenvalue weighted by Gasteiger charge is 2.07. The maximum Gasteiger partial charge on any atom is 0.0898 e. The average Bonchev–Trinajstić information content (AvgIpc) is 2.39. The molecule has 0 aliphatic carbocycles. The standard InChI is InChI=1S/C13H12BrNOS/c14-11-3-5-12(6-4-11)17-9-13(16)10-2-1-7-15-8-10/h1-8,13,16H,9H2. The Kier molecular flexibility index (Phi) is 4.59. The minimum Gasteiger partial charge on any atom is -0.387 e. The van der Waals surface area contributed by atoms with Crippen molar-refractivity contribution in [3.05, 3.63) is 58.8 Å². The first-order chi connectivity index (χ1) is 8.25. The molecular weight excluding hydrogens is 298 g/mol. The number of benzene rings is 1. The van der Waals surface area contributed by atoms with Gasteiger partial charge in [0.25, 0.3) is 0 Å². The molecule has 2 aromatic rings. The summed E-state index contributed by atoms with van der Waals surface area (Å²) in [4.78, 5) is 5.15. The molecule has 2 rings (SSSR count). The van der Waals surface area contributed by atoms with Crippen molar-refractivity contribution in [3.63, 3.8) is 0 Å². The molecular formula is C13H12BrNOS. The Morgan fingerprint density at radius 3 is 2.65 bits per heavy atom. The van der Waals surface area contributed by atoms with Crippen LogP contribution in [0.25, 0.3) is 0 Å². The van der Waals surface area contributed by atoms with E-state index in [4.69, 9.17) is 0 Å². The summed E-state index contributed by atoms with van der Waals surface area (Å²) in [7, 11) is 0. The molecule has 1 aromatic carbocycles. The zero-order valence-electron chi connectivity index (χ0n) is 9.08. The van der Waals surface area contributed by atoms with Crippen LogP contribution in [0.15, 0.2) is 58.2 Å². The van der Waals surface area contributed by atoms with Crippen LogP contribution in [0.2, 0.25) is 0 Å². The maximum atomic E-state index is 9.97. The van der Waals surface area contributed by atoms with Gasteiger partial charge in [-0.1, -0.05) is 22.0 Å². The third-order valence-corrected chi connectivity index (χ3v) is 3.91. The van der Waals surface area contributed by atoms with Crippen LogP contribution in [0.5, 0.6) is 0 Å². The Morgan fingerprint density at radius 2 is 2.00 bits per heavy atom. The van der Waals surface area contributed by atoms with Gasteiger partial charge in [-0.3, -0.25) is 4.98 Å². The van der Waals surface area contributed by atoms with Crippen molar-refractivity contribution < 1.29 is 5.11 Å². The van der Waals surface area contributed by atoms with Gasteiger partial charge in [0.05, 0.1) is 6.10 Å². The van der Waals surface area contributed by atoms with Crippen molar-refractivity contribution in [2.75, 3.05) is 5.75 Å². The van der Waals surface area contributed by atoms with Crippen molar-refractivity contribution in [3.8, 4) is 0 Å². The zero-order chi connectivity index (χ0) is 12.1. The Balaban J connectivity index is 1.92. The lowest BCUT2D eigenvalue weighted by molar-refractivity contribution is 0.203. The van der Waals surface area contributed by atoms with E-state index in [9.17, 15) is 5.11 Å². The molecule has 1 heterocycles. The second-order valence-electron chi connectivity index (χ2n) is 3.57. The third kappa shape index (κ3) is 3.84. The Bertz CT molecular complexity index is 461. The summed E-state index contributed by atoms with van der Waals surface area (Å²) in [6, 6.07) is 11.8. The Labute approximate surface area is 113 Å². The molecule has 0 radical (unpaired) electrons. The predicted molar refractivity (Wildman–Crippen MR) is 74.1 cm³/mol. The summed E-state index contributed by atoms with van der Waals surface area (Å²) in [5.41, 5.74) is 0.858. The Hall–Kier alpha value is -0.840. The summed E-state index contributed by atoms with van der Waals surface area (Å²) in [5, 5.41) is 9.97. The number of rotatable bonds is 4. The lowest BCUT2D eigenvalue weighted by Gasteiger charge is -2.09.